The summed E-state index contributed by atoms with van der Waals surface area (Å²) in [6.45, 7) is 1.75. The standard InChI is InChI=1S/C33H38O6/c1-35-31-16-8-14-26-18-29-20-28(37-23-25-12-6-3-7-13-25)21-30(38-29)19-27(39-33(34)32(26)31)15-9-17-36-22-24-10-4-2-5-11-24/h2-8,10-14,16,27-30H,9,15,17-23H2,1H3/t27-,28+,29-,30-/m0/s1. The van der Waals surface area contributed by atoms with E-state index < -0.39 is 0 Å². The lowest BCUT2D eigenvalue weighted by Crippen LogP contribution is -2.41. The molecule has 5 rings (SSSR count). The number of cyclic esters (lactones) is 1. The van der Waals surface area contributed by atoms with Gasteiger partial charge in [0, 0.05) is 25.9 Å². The summed E-state index contributed by atoms with van der Waals surface area (Å²) in [6, 6.07) is 26.1. The topological polar surface area (TPSA) is 63.2 Å². The van der Waals surface area contributed by atoms with Crippen LogP contribution in [0, 0.1) is 0 Å². The summed E-state index contributed by atoms with van der Waals surface area (Å²) in [5, 5.41) is 0. The van der Waals surface area contributed by atoms with E-state index in [1.165, 1.54) is 0 Å². The Labute approximate surface area is 231 Å². The highest BCUT2D eigenvalue weighted by Gasteiger charge is 2.35. The maximum Gasteiger partial charge on any atom is 0.342 e. The van der Waals surface area contributed by atoms with Crippen molar-refractivity contribution in [1.29, 1.82) is 0 Å². The highest BCUT2D eigenvalue weighted by atomic mass is 16.6. The van der Waals surface area contributed by atoms with Crippen LogP contribution in [0.4, 0.5) is 0 Å². The van der Waals surface area contributed by atoms with Gasteiger partial charge in [-0.25, -0.2) is 4.79 Å². The van der Waals surface area contributed by atoms with Crippen molar-refractivity contribution in [3.05, 3.63) is 101 Å². The highest BCUT2D eigenvalue weighted by molar-refractivity contribution is 5.94. The van der Waals surface area contributed by atoms with E-state index in [1.54, 1.807) is 7.11 Å². The largest absolute Gasteiger partial charge is 0.496 e. The average molecular weight is 531 g/mol. The molecule has 1 saturated heterocycles. The van der Waals surface area contributed by atoms with Crippen LogP contribution in [0.5, 0.6) is 5.75 Å². The molecule has 0 saturated carbocycles. The van der Waals surface area contributed by atoms with Gasteiger partial charge in [0.1, 0.15) is 17.4 Å². The van der Waals surface area contributed by atoms with E-state index in [4.69, 9.17) is 23.7 Å². The van der Waals surface area contributed by atoms with Crippen molar-refractivity contribution in [1.82, 2.24) is 0 Å². The first kappa shape index (κ1) is 27.4. The van der Waals surface area contributed by atoms with Gasteiger partial charge in [0.25, 0.3) is 0 Å². The second kappa shape index (κ2) is 13.7. The average Bonchev–Trinajstić information content (AvgIpc) is 2.96. The summed E-state index contributed by atoms with van der Waals surface area (Å²) in [5.41, 5.74) is 3.70. The van der Waals surface area contributed by atoms with Crippen LogP contribution in [0.15, 0.2) is 78.9 Å². The van der Waals surface area contributed by atoms with Gasteiger partial charge in [0.2, 0.25) is 0 Å². The van der Waals surface area contributed by atoms with E-state index in [1.807, 2.05) is 54.6 Å². The van der Waals surface area contributed by atoms with Gasteiger partial charge in [-0.1, -0.05) is 72.8 Å². The molecule has 2 aliphatic rings. The molecule has 0 radical (unpaired) electrons. The number of benzene rings is 3. The van der Waals surface area contributed by atoms with Crippen molar-refractivity contribution in [2.24, 2.45) is 0 Å². The van der Waals surface area contributed by atoms with Gasteiger partial charge < -0.3 is 23.7 Å². The summed E-state index contributed by atoms with van der Waals surface area (Å²) in [5.74, 6) is 0.210. The molecular weight excluding hydrogens is 492 g/mol. The zero-order valence-corrected chi connectivity index (χ0v) is 22.6. The summed E-state index contributed by atoms with van der Waals surface area (Å²) >= 11 is 0. The van der Waals surface area contributed by atoms with Crippen LogP contribution in [0.3, 0.4) is 0 Å². The third-order valence-electron chi connectivity index (χ3n) is 7.47. The van der Waals surface area contributed by atoms with Crippen LogP contribution in [0.2, 0.25) is 0 Å². The lowest BCUT2D eigenvalue weighted by molar-refractivity contribution is -0.130. The molecule has 39 heavy (non-hydrogen) atoms. The third kappa shape index (κ3) is 7.69. The highest BCUT2D eigenvalue weighted by Crippen LogP contribution is 2.33. The minimum atomic E-state index is -0.325. The molecule has 0 aromatic heterocycles. The molecule has 0 unspecified atom stereocenters. The molecule has 0 N–H and O–H groups in total. The molecule has 3 aromatic rings. The fraction of sp³-hybridized carbons (Fsp3) is 0.424. The van der Waals surface area contributed by atoms with E-state index in [2.05, 4.69) is 24.3 Å². The van der Waals surface area contributed by atoms with Gasteiger partial charge in [0.05, 0.1) is 38.6 Å². The molecule has 4 atom stereocenters. The number of ether oxygens (including phenoxy) is 5. The predicted molar refractivity (Wildman–Crippen MR) is 149 cm³/mol. The Balaban J connectivity index is 1.28. The molecule has 2 heterocycles. The Hall–Kier alpha value is -3.19. The molecular formula is C33H38O6. The van der Waals surface area contributed by atoms with Crippen LogP contribution in [-0.4, -0.2) is 44.1 Å². The lowest BCUT2D eigenvalue weighted by atomic mass is 9.90. The van der Waals surface area contributed by atoms with Crippen LogP contribution < -0.4 is 4.74 Å². The van der Waals surface area contributed by atoms with E-state index in [-0.39, 0.29) is 30.4 Å². The zero-order valence-electron chi connectivity index (χ0n) is 22.6. The van der Waals surface area contributed by atoms with Crippen LogP contribution in [0.25, 0.3) is 0 Å². The minimum absolute atomic E-state index is 0.0419. The quantitative estimate of drug-likeness (QED) is 0.227. The molecule has 0 amide bonds. The zero-order chi connectivity index (χ0) is 26.9. The van der Waals surface area contributed by atoms with Crippen LogP contribution >= 0.6 is 0 Å². The number of methoxy groups -OCH3 is 1. The summed E-state index contributed by atoms with van der Waals surface area (Å²) in [7, 11) is 1.59. The van der Waals surface area contributed by atoms with E-state index in [9.17, 15) is 4.79 Å². The van der Waals surface area contributed by atoms with Gasteiger partial charge >= 0.3 is 5.97 Å². The first-order valence-corrected chi connectivity index (χ1v) is 14.0. The molecule has 0 spiro atoms. The fourth-order valence-corrected chi connectivity index (χ4v) is 5.57. The van der Waals surface area contributed by atoms with Gasteiger partial charge in [-0.15, -0.1) is 0 Å². The number of carbonyl (C=O) groups is 1. The van der Waals surface area contributed by atoms with E-state index >= 15 is 0 Å². The number of carbonyl (C=O) groups excluding carboxylic acids is 1. The second-order valence-corrected chi connectivity index (χ2v) is 10.4. The SMILES string of the molecule is COc1cccc2c1C(=O)O[C@@H](CCCOCc1ccccc1)C[C@H]1C[C@H](OCc3ccccc3)C[C@H](C2)O1. The Morgan fingerprint density at radius 3 is 2.28 bits per heavy atom. The van der Waals surface area contributed by atoms with Gasteiger partial charge in [-0.3, -0.25) is 0 Å². The second-order valence-electron chi connectivity index (χ2n) is 10.4. The van der Waals surface area contributed by atoms with Crippen LogP contribution in [0.1, 0.15) is 59.2 Å². The smallest absolute Gasteiger partial charge is 0.342 e. The lowest BCUT2D eigenvalue weighted by Gasteiger charge is -2.38. The molecule has 0 aliphatic carbocycles. The van der Waals surface area contributed by atoms with Crippen molar-refractivity contribution >= 4 is 5.97 Å². The van der Waals surface area contributed by atoms with Gasteiger partial charge in [-0.05, 0) is 42.0 Å². The Bertz CT molecular complexity index is 1180. The number of hydrogen-bond acceptors (Lipinski definition) is 6. The molecule has 1 fully saturated rings. The third-order valence-corrected chi connectivity index (χ3v) is 7.47. The van der Waals surface area contributed by atoms with Crippen LogP contribution in [-0.2, 0) is 38.6 Å². The summed E-state index contributed by atoms with van der Waals surface area (Å²) in [6.07, 6.45) is 4.01. The molecule has 2 bridgehead atoms. The Morgan fingerprint density at radius 1 is 0.821 bits per heavy atom. The first-order chi connectivity index (χ1) is 19.2. The van der Waals surface area contributed by atoms with E-state index in [0.29, 0.717) is 50.4 Å². The predicted octanol–water partition coefficient (Wildman–Crippen LogP) is 6.30. The molecule has 6 nitrogen and oxygen atoms in total. The maximum atomic E-state index is 13.4. The molecule has 206 valence electrons. The Kier molecular flexibility index (Phi) is 9.65. The van der Waals surface area contributed by atoms with Gasteiger partial charge in [0.15, 0.2) is 0 Å². The van der Waals surface area contributed by atoms with Crippen molar-refractivity contribution < 1.29 is 28.5 Å². The number of esters is 1. The van der Waals surface area contributed by atoms with E-state index in [0.717, 1.165) is 36.0 Å². The summed E-state index contributed by atoms with van der Waals surface area (Å²) < 4.78 is 30.5. The van der Waals surface area contributed by atoms with Crippen molar-refractivity contribution in [3.8, 4) is 5.75 Å². The van der Waals surface area contributed by atoms with Crippen molar-refractivity contribution in [3.63, 3.8) is 0 Å². The number of fused-ring (bicyclic) bond motifs is 3. The molecule has 2 aliphatic heterocycles. The fourth-order valence-electron chi connectivity index (χ4n) is 5.57. The summed E-state index contributed by atoms with van der Waals surface area (Å²) in [4.78, 5) is 13.4. The minimum Gasteiger partial charge on any atom is -0.496 e. The first-order valence-electron chi connectivity index (χ1n) is 14.0. The normalized spacial score (nSPS) is 22.9. The number of rotatable bonds is 10. The maximum absolute atomic E-state index is 13.4. The van der Waals surface area contributed by atoms with Crippen molar-refractivity contribution in [2.45, 2.75) is 76.2 Å². The number of hydrogen-bond donors (Lipinski definition) is 0. The Morgan fingerprint density at radius 2 is 1.54 bits per heavy atom. The van der Waals surface area contributed by atoms with Gasteiger partial charge in [-0.2, -0.15) is 0 Å². The van der Waals surface area contributed by atoms with Crippen molar-refractivity contribution in [2.75, 3.05) is 13.7 Å². The molecule has 3 aromatic carbocycles. The molecule has 6 heteroatoms. The monoisotopic (exact) mass is 530 g/mol.